The number of benzene rings is 3. The summed E-state index contributed by atoms with van der Waals surface area (Å²) in [5, 5.41) is 10.3. The van der Waals surface area contributed by atoms with Crippen LogP contribution in [0.2, 0.25) is 0 Å². The fourth-order valence-electron chi connectivity index (χ4n) is 3.32. The molecule has 0 aliphatic heterocycles. The van der Waals surface area contributed by atoms with Gasteiger partial charge in [-0.15, -0.1) is 0 Å². The molecule has 1 amide bonds. The number of nitrogens with zero attached hydrogens (tertiary/aromatic N) is 1. The highest BCUT2D eigenvalue weighted by Gasteiger charge is 2.11. The van der Waals surface area contributed by atoms with Gasteiger partial charge in [0.1, 0.15) is 18.1 Å². The molecule has 4 rings (SSSR count). The second-order valence-electron chi connectivity index (χ2n) is 7.50. The molecule has 1 heterocycles. The van der Waals surface area contributed by atoms with Gasteiger partial charge >= 0.3 is 0 Å². The lowest BCUT2D eigenvalue weighted by molar-refractivity contribution is -0.115. The van der Waals surface area contributed by atoms with Crippen molar-refractivity contribution in [3.63, 3.8) is 0 Å². The van der Waals surface area contributed by atoms with E-state index >= 15 is 0 Å². The Kier molecular flexibility index (Phi) is 6.51. The average Bonchev–Trinajstić information content (AvgIpc) is 3.12. The van der Waals surface area contributed by atoms with Crippen molar-refractivity contribution in [3.8, 4) is 5.75 Å². The number of aryl methyl sites for hydroxylation is 2. The van der Waals surface area contributed by atoms with Gasteiger partial charge in [-0.2, -0.15) is 0 Å². The number of anilines is 3. The van der Waals surface area contributed by atoms with E-state index in [0.29, 0.717) is 6.61 Å². The van der Waals surface area contributed by atoms with Gasteiger partial charge in [0.15, 0.2) is 0 Å². The van der Waals surface area contributed by atoms with Crippen LogP contribution >= 0.6 is 0 Å². The molecule has 0 unspecified atom stereocenters. The van der Waals surface area contributed by atoms with Crippen molar-refractivity contribution in [2.45, 2.75) is 26.9 Å². The number of ether oxygens (including phenoxy) is 1. The smallest absolute Gasteiger partial charge is 0.228 e. The molecule has 4 aromatic rings. The Balaban J connectivity index is 1.34. The van der Waals surface area contributed by atoms with Crippen LogP contribution in [0.3, 0.4) is 0 Å². The molecular formula is C26H25N3O3. The Hall–Kier alpha value is -4.06. The van der Waals surface area contributed by atoms with E-state index < -0.39 is 0 Å². The molecule has 0 saturated heterocycles. The fraction of sp³-hybridized carbons (Fsp3) is 0.154. The van der Waals surface area contributed by atoms with Crippen LogP contribution in [-0.4, -0.2) is 11.1 Å². The van der Waals surface area contributed by atoms with E-state index in [0.717, 1.165) is 45.4 Å². The monoisotopic (exact) mass is 427 g/mol. The van der Waals surface area contributed by atoms with Crippen LogP contribution < -0.4 is 15.4 Å². The Bertz CT molecular complexity index is 1170. The van der Waals surface area contributed by atoms with Crippen LogP contribution in [0.15, 0.2) is 83.4 Å². The Labute approximate surface area is 187 Å². The molecule has 1 aromatic heterocycles. The van der Waals surface area contributed by atoms with Crippen molar-refractivity contribution in [1.82, 2.24) is 5.16 Å². The summed E-state index contributed by atoms with van der Waals surface area (Å²) in [4.78, 5) is 12.6. The van der Waals surface area contributed by atoms with Crippen LogP contribution in [0.5, 0.6) is 5.75 Å². The van der Waals surface area contributed by atoms with Crippen molar-refractivity contribution in [3.05, 3.63) is 101 Å². The maximum absolute atomic E-state index is 12.6. The Morgan fingerprint density at radius 1 is 0.906 bits per heavy atom. The maximum Gasteiger partial charge on any atom is 0.228 e. The van der Waals surface area contributed by atoms with Gasteiger partial charge in [0.2, 0.25) is 5.91 Å². The summed E-state index contributed by atoms with van der Waals surface area (Å²) >= 11 is 0. The first-order valence-corrected chi connectivity index (χ1v) is 10.4. The topological polar surface area (TPSA) is 76.4 Å². The number of amides is 1. The second kappa shape index (κ2) is 9.83. The molecule has 0 atom stereocenters. The SMILES string of the molecule is Cc1noc(C)c1COc1ccc(CC(=O)Nc2ccccc2Nc2ccccc2)cc1. The highest BCUT2D eigenvalue weighted by Crippen LogP contribution is 2.25. The standard InChI is InChI=1S/C26H25N3O3/c1-18-23(19(2)32-29-18)17-31-22-14-12-20(13-15-22)16-26(30)28-25-11-7-6-10-24(25)27-21-8-4-3-5-9-21/h3-15,27H,16-17H2,1-2H3,(H,28,30). The van der Waals surface area contributed by atoms with Crippen molar-refractivity contribution >= 4 is 23.0 Å². The normalized spacial score (nSPS) is 10.6. The number of carbonyl (C=O) groups excluding carboxylic acids is 1. The van der Waals surface area contributed by atoms with E-state index in [-0.39, 0.29) is 12.3 Å². The molecule has 0 bridgehead atoms. The zero-order valence-corrected chi connectivity index (χ0v) is 18.1. The number of nitrogens with one attached hydrogen (secondary N) is 2. The predicted octanol–water partition coefficient (Wildman–Crippen LogP) is 5.80. The van der Waals surface area contributed by atoms with Gasteiger partial charge in [0.25, 0.3) is 0 Å². The first kappa shape index (κ1) is 21.2. The summed E-state index contributed by atoms with van der Waals surface area (Å²) in [5.74, 6) is 1.40. The molecule has 0 aliphatic rings. The van der Waals surface area contributed by atoms with Crippen LogP contribution in [0.25, 0.3) is 0 Å². The maximum atomic E-state index is 12.6. The van der Waals surface area contributed by atoms with Crippen LogP contribution in [0.4, 0.5) is 17.1 Å². The molecular weight excluding hydrogens is 402 g/mol. The number of para-hydroxylation sites is 3. The number of rotatable bonds is 8. The fourth-order valence-corrected chi connectivity index (χ4v) is 3.32. The van der Waals surface area contributed by atoms with Crippen LogP contribution in [0, 0.1) is 13.8 Å². The molecule has 3 aromatic carbocycles. The van der Waals surface area contributed by atoms with Gasteiger partial charge < -0.3 is 19.9 Å². The first-order chi connectivity index (χ1) is 15.6. The quantitative estimate of drug-likeness (QED) is 0.372. The largest absolute Gasteiger partial charge is 0.489 e. The van der Waals surface area contributed by atoms with E-state index in [2.05, 4.69) is 15.8 Å². The van der Waals surface area contributed by atoms with Gasteiger partial charge in [-0.3, -0.25) is 4.79 Å². The third kappa shape index (κ3) is 5.35. The first-order valence-electron chi connectivity index (χ1n) is 10.4. The summed E-state index contributed by atoms with van der Waals surface area (Å²) in [7, 11) is 0. The van der Waals surface area contributed by atoms with Crippen LogP contribution in [0.1, 0.15) is 22.6 Å². The molecule has 0 radical (unpaired) electrons. The zero-order valence-electron chi connectivity index (χ0n) is 18.1. The van der Waals surface area contributed by atoms with E-state index in [9.17, 15) is 4.79 Å². The highest BCUT2D eigenvalue weighted by molar-refractivity contribution is 5.96. The molecule has 0 aliphatic carbocycles. The number of carbonyl (C=O) groups is 1. The lowest BCUT2D eigenvalue weighted by Crippen LogP contribution is -2.15. The van der Waals surface area contributed by atoms with E-state index in [1.165, 1.54) is 0 Å². The number of hydrogen-bond acceptors (Lipinski definition) is 5. The van der Waals surface area contributed by atoms with Gasteiger partial charge in [-0.25, -0.2) is 0 Å². The Morgan fingerprint density at radius 3 is 2.28 bits per heavy atom. The minimum Gasteiger partial charge on any atom is -0.489 e. The highest BCUT2D eigenvalue weighted by atomic mass is 16.5. The van der Waals surface area contributed by atoms with Crippen molar-refractivity contribution in [2.24, 2.45) is 0 Å². The van der Waals surface area contributed by atoms with Crippen molar-refractivity contribution < 1.29 is 14.1 Å². The van der Waals surface area contributed by atoms with Gasteiger partial charge in [-0.05, 0) is 55.8 Å². The Morgan fingerprint density at radius 2 is 1.59 bits per heavy atom. The molecule has 0 fully saturated rings. The molecule has 6 heteroatoms. The summed E-state index contributed by atoms with van der Waals surface area (Å²) in [6.45, 7) is 4.16. The van der Waals surface area contributed by atoms with E-state index in [4.69, 9.17) is 9.26 Å². The number of hydrogen-bond donors (Lipinski definition) is 2. The summed E-state index contributed by atoms with van der Waals surface area (Å²) < 4.78 is 11.0. The summed E-state index contributed by atoms with van der Waals surface area (Å²) in [5.41, 5.74) is 5.23. The number of aromatic nitrogens is 1. The van der Waals surface area contributed by atoms with Crippen molar-refractivity contribution in [1.29, 1.82) is 0 Å². The zero-order chi connectivity index (χ0) is 22.3. The molecule has 0 saturated carbocycles. The lowest BCUT2D eigenvalue weighted by Gasteiger charge is -2.13. The van der Waals surface area contributed by atoms with E-state index in [1.54, 1.807) is 0 Å². The van der Waals surface area contributed by atoms with Gasteiger partial charge in [-0.1, -0.05) is 47.6 Å². The van der Waals surface area contributed by atoms with Crippen molar-refractivity contribution in [2.75, 3.05) is 10.6 Å². The summed E-state index contributed by atoms with van der Waals surface area (Å²) in [6, 6.07) is 25.0. The van der Waals surface area contributed by atoms with Gasteiger partial charge in [0, 0.05) is 5.69 Å². The van der Waals surface area contributed by atoms with Crippen LogP contribution in [-0.2, 0) is 17.8 Å². The molecule has 6 nitrogen and oxygen atoms in total. The third-order valence-electron chi connectivity index (χ3n) is 5.11. The third-order valence-corrected chi connectivity index (χ3v) is 5.11. The van der Waals surface area contributed by atoms with Gasteiger partial charge in [0.05, 0.1) is 29.1 Å². The minimum atomic E-state index is -0.0864. The molecule has 32 heavy (non-hydrogen) atoms. The molecule has 2 N–H and O–H groups in total. The second-order valence-corrected chi connectivity index (χ2v) is 7.50. The average molecular weight is 428 g/mol. The molecule has 0 spiro atoms. The summed E-state index contributed by atoms with van der Waals surface area (Å²) in [6.07, 6.45) is 0.268. The predicted molar refractivity (Wildman–Crippen MR) is 125 cm³/mol. The minimum absolute atomic E-state index is 0.0864. The van der Waals surface area contributed by atoms with E-state index in [1.807, 2.05) is 92.7 Å². The lowest BCUT2D eigenvalue weighted by atomic mass is 10.1. The molecule has 162 valence electrons.